The summed E-state index contributed by atoms with van der Waals surface area (Å²) in [5, 5.41) is 4.30. The number of hydrogen-bond donors (Lipinski definition) is 2. The summed E-state index contributed by atoms with van der Waals surface area (Å²) in [5.74, 6) is -0.463. The van der Waals surface area contributed by atoms with E-state index in [0.717, 1.165) is 25.7 Å². The van der Waals surface area contributed by atoms with Gasteiger partial charge < -0.3 is 10.1 Å². The lowest BCUT2D eigenvalue weighted by Crippen LogP contribution is -2.40. The van der Waals surface area contributed by atoms with Crippen molar-refractivity contribution in [2.75, 3.05) is 13.7 Å². The third-order valence-electron chi connectivity index (χ3n) is 4.11. The van der Waals surface area contributed by atoms with Gasteiger partial charge in [0.1, 0.15) is 0 Å². The molecule has 3 amide bonds. The van der Waals surface area contributed by atoms with Crippen molar-refractivity contribution in [1.29, 1.82) is 0 Å². The third-order valence-corrected chi connectivity index (χ3v) is 4.11. The minimum Gasteiger partial charge on any atom is -0.455 e. The zero-order valence-electron chi connectivity index (χ0n) is 13.3. The van der Waals surface area contributed by atoms with E-state index in [0.29, 0.717) is 5.92 Å². The highest BCUT2D eigenvalue weighted by Crippen LogP contribution is 2.39. The second-order valence-corrected chi connectivity index (χ2v) is 6.65. The van der Waals surface area contributed by atoms with Crippen molar-refractivity contribution in [3.63, 3.8) is 0 Å². The summed E-state index contributed by atoms with van der Waals surface area (Å²) in [6, 6.07) is -0.610. The molecular formula is C15H26N2O4. The van der Waals surface area contributed by atoms with Crippen LogP contribution >= 0.6 is 0 Å². The van der Waals surface area contributed by atoms with Gasteiger partial charge in [0.05, 0.1) is 5.92 Å². The lowest BCUT2D eigenvalue weighted by molar-refractivity contribution is -0.153. The Morgan fingerprint density at radius 2 is 1.67 bits per heavy atom. The minimum atomic E-state index is -0.619. The summed E-state index contributed by atoms with van der Waals surface area (Å²) in [5.41, 5.74) is 0.266. The average molecular weight is 298 g/mol. The predicted octanol–water partition coefficient (Wildman–Crippen LogP) is 1.84. The van der Waals surface area contributed by atoms with Gasteiger partial charge in [0.25, 0.3) is 5.91 Å². The molecular weight excluding hydrogens is 272 g/mol. The molecule has 1 aliphatic rings. The van der Waals surface area contributed by atoms with Gasteiger partial charge in [0.2, 0.25) is 0 Å². The Kier molecular flexibility index (Phi) is 6.18. The smallest absolute Gasteiger partial charge is 0.321 e. The number of carbonyl (C=O) groups is 3. The number of imide groups is 1. The molecule has 0 aromatic rings. The standard InChI is InChI=1S/C15H26N2O4/c1-15(2,3)11-7-5-10(6-8-11)13(19)21-9-12(18)17-14(20)16-4/h10-11H,5-9H2,1-4H3,(H2,16,17,18,20). The summed E-state index contributed by atoms with van der Waals surface area (Å²) in [7, 11) is 1.41. The van der Waals surface area contributed by atoms with Crippen molar-refractivity contribution in [3.8, 4) is 0 Å². The van der Waals surface area contributed by atoms with Crippen LogP contribution < -0.4 is 10.6 Å². The van der Waals surface area contributed by atoms with Gasteiger partial charge in [-0.1, -0.05) is 20.8 Å². The van der Waals surface area contributed by atoms with E-state index in [9.17, 15) is 14.4 Å². The van der Waals surface area contributed by atoms with Crippen LogP contribution in [0, 0.1) is 17.3 Å². The first-order valence-electron chi connectivity index (χ1n) is 7.42. The molecule has 6 heteroatoms. The van der Waals surface area contributed by atoms with Crippen LogP contribution in [0.15, 0.2) is 0 Å². The summed E-state index contributed by atoms with van der Waals surface area (Å²) in [6.07, 6.45) is 3.62. The zero-order chi connectivity index (χ0) is 16.0. The molecule has 0 aliphatic heterocycles. The number of urea groups is 1. The highest BCUT2D eigenvalue weighted by Gasteiger charge is 2.33. The van der Waals surface area contributed by atoms with Crippen molar-refractivity contribution in [2.24, 2.45) is 17.3 Å². The maximum absolute atomic E-state index is 11.9. The maximum atomic E-state index is 11.9. The number of rotatable bonds is 3. The van der Waals surface area contributed by atoms with E-state index in [4.69, 9.17) is 4.74 Å². The molecule has 2 N–H and O–H groups in total. The minimum absolute atomic E-state index is 0.128. The number of hydrogen-bond acceptors (Lipinski definition) is 4. The normalized spacial score (nSPS) is 22.3. The lowest BCUT2D eigenvalue weighted by Gasteiger charge is -2.36. The molecule has 0 atom stereocenters. The molecule has 1 rings (SSSR count). The Balaban J connectivity index is 2.31. The van der Waals surface area contributed by atoms with Gasteiger partial charge >= 0.3 is 12.0 Å². The fourth-order valence-corrected chi connectivity index (χ4v) is 2.67. The van der Waals surface area contributed by atoms with Gasteiger partial charge in [-0.15, -0.1) is 0 Å². The molecule has 6 nitrogen and oxygen atoms in total. The van der Waals surface area contributed by atoms with Gasteiger partial charge in [0, 0.05) is 7.05 Å². The molecule has 0 saturated heterocycles. The first-order chi connectivity index (χ1) is 9.74. The summed E-state index contributed by atoms with van der Waals surface area (Å²) >= 11 is 0. The van der Waals surface area contributed by atoms with Crippen molar-refractivity contribution in [1.82, 2.24) is 10.6 Å². The SMILES string of the molecule is CNC(=O)NC(=O)COC(=O)C1CCC(C(C)(C)C)CC1. The van der Waals surface area contributed by atoms with E-state index < -0.39 is 18.5 Å². The Hall–Kier alpha value is -1.59. The van der Waals surface area contributed by atoms with Gasteiger partial charge in [-0.3, -0.25) is 14.9 Å². The van der Waals surface area contributed by atoms with Crippen LogP contribution in [0.1, 0.15) is 46.5 Å². The molecule has 0 unspecified atom stereocenters. The van der Waals surface area contributed by atoms with Crippen LogP contribution in [0.25, 0.3) is 0 Å². The highest BCUT2D eigenvalue weighted by atomic mass is 16.5. The van der Waals surface area contributed by atoms with E-state index in [2.05, 4.69) is 26.1 Å². The molecule has 0 aromatic heterocycles. The maximum Gasteiger partial charge on any atom is 0.321 e. The Morgan fingerprint density at radius 1 is 1.10 bits per heavy atom. The summed E-state index contributed by atoms with van der Waals surface area (Å²) in [4.78, 5) is 34.2. The first kappa shape index (κ1) is 17.5. The van der Waals surface area contributed by atoms with Crippen LogP contribution in [0.5, 0.6) is 0 Å². The van der Waals surface area contributed by atoms with Crippen LogP contribution in [-0.2, 0) is 14.3 Å². The Bertz CT molecular complexity index is 393. The molecule has 0 radical (unpaired) electrons. The molecule has 0 heterocycles. The quantitative estimate of drug-likeness (QED) is 0.779. The largest absolute Gasteiger partial charge is 0.455 e. The fourth-order valence-electron chi connectivity index (χ4n) is 2.67. The van der Waals surface area contributed by atoms with Crippen molar-refractivity contribution in [3.05, 3.63) is 0 Å². The lowest BCUT2D eigenvalue weighted by atomic mass is 9.70. The number of nitrogens with one attached hydrogen (secondary N) is 2. The second-order valence-electron chi connectivity index (χ2n) is 6.65. The third kappa shape index (κ3) is 5.73. The summed E-state index contributed by atoms with van der Waals surface area (Å²) < 4.78 is 4.98. The molecule has 21 heavy (non-hydrogen) atoms. The second kappa shape index (κ2) is 7.43. The van der Waals surface area contributed by atoms with Crippen molar-refractivity contribution in [2.45, 2.75) is 46.5 Å². The summed E-state index contributed by atoms with van der Waals surface area (Å²) in [6.45, 7) is 6.25. The van der Waals surface area contributed by atoms with Crippen LogP contribution in [0.4, 0.5) is 4.79 Å². The van der Waals surface area contributed by atoms with Crippen molar-refractivity contribution < 1.29 is 19.1 Å². The first-order valence-corrected chi connectivity index (χ1v) is 7.42. The average Bonchev–Trinajstić information content (AvgIpc) is 2.43. The van der Waals surface area contributed by atoms with Gasteiger partial charge in [-0.05, 0) is 37.0 Å². The molecule has 1 fully saturated rings. The molecule has 120 valence electrons. The highest BCUT2D eigenvalue weighted by molar-refractivity contribution is 5.95. The zero-order valence-corrected chi connectivity index (χ0v) is 13.3. The van der Waals surface area contributed by atoms with Gasteiger partial charge in [-0.2, -0.15) is 0 Å². The van der Waals surface area contributed by atoms with E-state index in [1.165, 1.54) is 7.05 Å². The molecule has 1 saturated carbocycles. The molecule has 0 spiro atoms. The number of carbonyl (C=O) groups excluding carboxylic acids is 3. The molecule has 0 bridgehead atoms. The van der Waals surface area contributed by atoms with Crippen molar-refractivity contribution >= 4 is 17.9 Å². The van der Waals surface area contributed by atoms with E-state index in [1.54, 1.807) is 0 Å². The number of esters is 1. The Morgan fingerprint density at radius 3 is 2.14 bits per heavy atom. The van der Waals surface area contributed by atoms with Crippen LogP contribution in [-0.4, -0.2) is 31.6 Å². The van der Waals surface area contributed by atoms with Gasteiger partial charge in [0.15, 0.2) is 6.61 Å². The van der Waals surface area contributed by atoms with Crippen LogP contribution in [0.3, 0.4) is 0 Å². The predicted molar refractivity (Wildman–Crippen MR) is 78.5 cm³/mol. The topological polar surface area (TPSA) is 84.5 Å². The Labute approximate surface area is 126 Å². The fraction of sp³-hybridized carbons (Fsp3) is 0.800. The number of ether oxygens (including phenoxy) is 1. The molecule has 1 aliphatic carbocycles. The van der Waals surface area contributed by atoms with E-state index in [-0.39, 0.29) is 17.3 Å². The number of amides is 3. The van der Waals surface area contributed by atoms with Crippen LogP contribution in [0.2, 0.25) is 0 Å². The van der Waals surface area contributed by atoms with Gasteiger partial charge in [-0.25, -0.2) is 4.79 Å². The van der Waals surface area contributed by atoms with E-state index >= 15 is 0 Å². The molecule has 0 aromatic carbocycles. The monoisotopic (exact) mass is 298 g/mol. The van der Waals surface area contributed by atoms with E-state index in [1.807, 2.05) is 5.32 Å².